The van der Waals surface area contributed by atoms with Crippen LogP contribution in [0.3, 0.4) is 0 Å². The van der Waals surface area contributed by atoms with Crippen LogP contribution in [0.2, 0.25) is 10.0 Å². The summed E-state index contributed by atoms with van der Waals surface area (Å²) in [4.78, 5) is 24.3. The average molecular weight is 767 g/mol. The lowest BCUT2D eigenvalue weighted by atomic mass is 9.97. The highest BCUT2D eigenvalue weighted by molar-refractivity contribution is 9.10. The first kappa shape index (κ1) is 35.6. The van der Waals surface area contributed by atoms with E-state index in [2.05, 4.69) is 42.5 Å². The molecule has 0 aliphatic carbocycles. The van der Waals surface area contributed by atoms with Crippen LogP contribution in [-0.2, 0) is 27.2 Å². The number of ether oxygens (including phenoxy) is 1. The van der Waals surface area contributed by atoms with Gasteiger partial charge in [0.25, 0.3) is 11.8 Å². The van der Waals surface area contributed by atoms with Gasteiger partial charge in [-0.1, -0.05) is 88.1 Å². The number of amides is 2. The van der Waals surface area contributed by atoms with Gasteiger partial charge in [-0.15, -0.1) is 0 Å². The maximum atomic E-state index is 12.4. The first-order chi connectivity index (χ1) is 18.8. The van der Waals surface area contributed by atoms with Gasteiger partial charge in [0.2, 0.25) is 4.38 Å². The molecule has 12 heteroatoms. The van der Waals surface area contributed by atoms with Crippen LogP contribution in [0.1, 0.15) is 57.4 Å². The quantitative estimate of drug-likeness (QED) is 0.264. The lowest BCUT2D eigenvalue weighted by Gasteiger charge is -2.14. The molecule has 0 spiro atoms. The van der Waals surface area contributed by atoms with Gasteiger partial charge in [-0.25, -0.2) is 0 Å². The fourth-order valence-corrected chi connectivity index (χ4v) is 6.66. The third-order valence-electron chi connectivity index (χ3n) is 6.35. The number of nitrogens with one attached hydrogen (secondary N) is 2. The van der Waals surface area contributed by atoms with Crippen LogP contribution < -0.4 is 10.6 Å². The summed E-state index contributed by atoms with van der Waals surface area (Å²) in [5.41, 5.74) is 4.01. The smallest absolute Gasteiger partial charge is 0.256 e. The van der Waals surface area contributed by atoms with E-state index in [4.69, 9.17) is 40.2 Å². The zero-order chi connectivity index (χ0) is 29.9. The van der Waals surface area contributed by atoms with Crippen molar-refractivity contribution in [1.82, 2.24) is 10.6 Å². The van der Waals surface area contributed by atoms with Crippen molar-refractivity contribution in [3.8, 4) is 0 Å². The van der Waals surface area contributed by atoms with E-state index in [1.54, 1.807) is 19.1 Å². The molecule has 2 atom stereocenters. The predicted octanol–water partition coefficient (Wildman–Crippen LogP) is 8.65. The van der Waals surface area contributed by atoms with Gasteiger partial charge in [0.15, 0.2) is 0 Å². The normalized spacial score (nSPS) is 18.0. The largest absolute Gasteiger partial charge is 0.509 e. The average Bonchev–Trinajstić information content (AvgIpc) is 3.30. The van der Waals surface area contributed by atoms with Gasteiger partial charge in [0, 0.05) is 20.1 Å². The molecule has 0 saturated heterocycles. The topological polar surface area (TPSA) is 87.7 Å². The van der Waals surface area contributed by atoms with Crippen LogP contribution >= 0.6 is 79.0 Å². The number of carbonyl (C=O) groups excluding carboxylic acids is 2. The van der Waals surface area contributed by atoms with E-state index in [1.807, 2.05) is 39.2 Å². The summed E-state index contributed by atoms with van der Waals surface area (Å²) in [6, 6.07) is 6.79. The van der Waals surface area contributed by atoms with Crippen molar-refractivity contribution in [3.05, 3.63) is 77.0 Å². The van der Waals surface area contributed by atoms with Crippen LogP contribution in [-0.4, -0.2) is 39.6 Å². The molecule has 2 unspecified atom stereocenters. The number of hydrogen-bond acceptors (Lipinski definition) is 6. The number of halogens is 4. The Labute approximate surface area is 277 Å². The molecule has 2 aliphatic heterocycles. The second kappa shape index (κ2) is 15.3. The summed E-state index contributed by atoms with van der Waals surface area (Å²) < 4.78 is 7.83. The molecule has 0 saturated carbocycles. The number of benzene rings is 2. The Morgan fingerprint density at radius 3 is 1.78 bits per heavy atom. The number of carbonyl (C=O) groups is 2. The summed E-state index contributed by atoms with van der Waals surface area (Å²) in [7, 11) is 0. The number of aliphatic hydroxyl groups excluding tert-OH is 1. The van der Waals surface area contributed by atoms with Gasteiger partial charge in [-0.05, 0) is 80.6 Å². The third kappa shape index (κ3) is 7.89. The van der Waals surface area contributed by atoms with Crippen molar-refractivity contribution in [3.63, 3.8) is 0 Å². The third-order valence-corrected chi connectivity index (χ3v) is 8.86. The van der Waals surface area contributed by atoms with Crippen molar-refractivity contribution >= 4 is 106 Å². The highest BCUT2D eigenvalue weighted by atomic mass is 79.9. The van der Waals surface area contributed by atoms with Crippen LogP contribution in [0.4, 0.5) is 0 Å². The summed E-state index contributed by atoms with van der Waals surface area (Å²) in [5.74, 6) is 0.117. The molecule has 2 amide bonds. The van der Waals surface area contributed by atoms with E-state index < -0.39 is 0 Å². The minimum Gasteiger partial charge on any atom is -0.509 e. The van der Waals surface area contributed by atoms with Gasteiger partial charge in [-0.3, -0.25) is 9.59 Å². The van der Waals surface area contributed by atoms with E-state index in [-0.39, 0.29) is 42.7 Å². The van der Waals surface area contributed by atoms with Gasteiger partial charge < -0.3 is 20.5 Å². The van der Waals surface area contributed by atoms with Crippen LogP contribution in [0.25, 0.3) is 11.1 Å². The van der Waals surface area contributed by atoms with Crippen molar-refractivity contribution in [1.29, 1.82) is 0 Å². The number of aliphatic hydroxyl groups is 1. The van der Waals surface area contributed by atoms with Crippen molar-refractivity contribution in [2.24, 2.45) is 0 Å². The van der Waals surface area contributed by atoms with E-state index in [1.165, 1.54) is 11.8 Å². The lowest BCUT2D eigenvalue weighted by Crippen LogP contribution is -2.26. The zero-order valence-corrected chi connectivity index (χ0v) is 28.7. The highest BCUT2D eigenvalue weighted by Gasteiger charge is 2.35. The fourth-order valence-electron chi connectivity index (χ4n) is 4.45. The Morgan fingerprint density at radius 2 is 1.37 bits per heavy atom. The summed E-state index contributed by atoms with van der Waals surface area (Å²) >= 11 is 25.9. The molecule has 0 bridgehead atoms. The number of thioether (sulfide) groups is 1. The van der Waals surface area contributed by atoms with Crippen molar-refractivity contribution in [2.45, 2.75) is 60.0 Å². The highest BCUT2D eigenvalue weighted by Crippen LogP contribution is 2.38. The van der Waals surface area contributed by atoms with Crippen LogP contribution in [0.5, 0.6) is 0 Å². The first-order valence-corrected chi connectivity index (χ1v) is 16.3. The minimum absolute atomic E-state index is 0. The van der Waals surface area contributed by atoms with E-state index >= 15 is 0 Å². The molecule has 3 N–H and O–H groups in total. The summed E-state index contributed by atoms with van der Waals surface area (Å²) in [6.07, 6.45) is 3.31. The Kier molecular flexibility index (Phi) is 13.3. The SMILES string of the molecule is C.CCc1cc(Br)cc(Cl)c1C1=C(O)C(C)NC1=O.CCc1cc(Br)cc(Cl)c1C1=C(OC(=S)SC)C(C)NC1=O. The molecular weight excluding hydrogens is 735 g/mol. The Morgan fingerprint density at radius 1 is 0.927 bits per heavy atom. The molecular formula is C29H32Br2Cl2N2O4S2. The maximum absolute atomic E-state index is 12.4. The molecule has 2 heterocycles. The summed E-state index contributed by atoms with van der Waals surface area (Å²) in [6.45, 7) is 7.60. The molecule has 2 aliphatic rings. The van der Waals surface area contributed by atoms with Gasteiger partial charge >= 0.3 is 0 Å². The Hall–Kier alpha value is -1.56. The summed E-state index contributed by atoms with van der Waals surface area (Å²) in [5, 5.41) is 16.5. The monoisotopic (exact) mass is 764 g/mol. The number of hydrogen-bond donors (Lipinski definition) is 3. The van der Waals surface area contributed by atoms with Crippen LogP contribution in [0.15, 0.2) is 44.7 Å². The van der Waals surface area contributed by atoms with E-state index in [9.17, 15) is 14.7 Å². The molecule has 2 aromatic rings. The predicted molar refractivity (Wildman–Crippen MR) is 183 cm³/mol. The fraction of sp³-hybridized carbons (Fsp3) is 0.345. The number of thiocarbonyl (C=S) groups is 1. The van der Waals surface area contributed by atoms with Crippen molar-refractivity contribution in [2.75, 3.05) is 6.26 Å². The molecule has 0 fully saturated rings. The molecule has 41 heavy (non-hydrogen) atoms. The lowest BCUT2D eigenvalue weighted by molar-refractivity contribution is -0.116. The molecule has 4 rings (SSSR count). The standard InChI is InChI=1S/C15H15BrClNO2S2.C13H13BrClNO2.CH4/c1-4-8-5-9(16)6-10(17)11(8)12-13(20-15(21)22-3)7(2)18-14(12)19;1-3-7-4-8(14)5-9(15)10(7)11-12(17)6(2)16-13(11)18;/h5-7H,4H2,1-3H3,(H,18,19);4-6,17H,3H2,1-2H3,(H,16,18);1H4. The molecule has 0 aromatic heterocycles. The maximum Gasteiger partial charge on any atom is 0.256 e. The number of aryl methyl sites for hydroxylation is 2. The van der Waals surface area contributed by atoms with Crippen LogP contribution in [0, 0.1) is 0 Å². The molecule has 6 nitrogen and oxygen atoms in total. The zero-order valence-electron chi connectivity index (χ0n) is 22.4. The first-order valence-electron chi connectivity index (χ1n) is 12.4. The molecule has 2 aromatic carbocycles. The minimum atomic E-state index is -0.364. The second-order valence-electron chi connectivity index (χ2n) is 9.00. The van der Waals surface area contributed by atoms with Gasteiger partial charge in [-0.2, -0.15) is 0 Å². The van der Waals surface area contributed by atoms with E-state index in [0.717, 1.165) is 32.9 Å². The Balaban J connectivity index is 0.000000285. The molecule has 222 valence electrons. The van der Waals surface area contributed by atoms with Crippen molar-refractivity contribution < 1.29 is 19.4 Å². The Bertz CT molecular complexity index is 1450. The van der Waals surface area contributed by atoms with Gasteiger partial charge in [0.05, 0.1) is 33.3 Å². The van der Waals surface area contributed by atoms with Gasteiger partial charge in [0.1, 0.15) is 11.5 Å². The second-order valence-corrected chi connectivity index (χ2v) is 13.1. The number of rotatable bonds is 5. The molecule has 0 radical (unpaired) electrons. The van der Waals surface area contributed by atoms with E-state index in [0.29, 0.717) is 36.9 Å².